The van der Waals surface area contributed by atoms with E-state index in [4.69, 9.17) is 14.5 Å². The summed E-state index contributed by atoms with van der Waals surface area (Å²) in [5.74, 6) is 0.822. The molecule has 0 N–H and O–H groups in total. The zero-order valence-corrected chi connectivity index (χ0v) is 14.3. The van der Waals surface area contributed by atoms with Crippen LogP contribution >= 0.6 is 0 Å². The maximum Gasteiger partial charge on any atom is 0.228 e. The molecular formula is C20H22N2O2. The van der Waals surface area contributed by atoms with Crippen molar-refractivity contribution in [1.82, 2.24) is 0 Å². The van der Waals surface area contributed by atoms with Crippen molar-refractivity contribution in [3.63, 3.8) is 0 Å². The fraction of sp³-hybridized carbons (Fsp3) is 0.350. The Morgan fingerprint density at radius 2 is 1.83 bits per heavy atom. The van der Waals surface area contributed by atoms with E-state index in [1.807, 2.05) is 30.5 Å². The number of para-hydroxylation sites is 3. The number of nitrogens with zero attached hydrogens (tertiary/aromatic N) is 2. The number of ether oxygens (including phenoxy) is 2. The molecule has 4 nitrogen and oxygen atoms in total. The lowest BCUT2D eigenvalue weighted by atomic mass is 9.77. The van der Waals surface area contributed by atoms with Crippen LogP contribution in [0.4, 0.5) is 11.4 Å². The fourth-order valence-electron chi connectivity index (χ4n) is 3.83. The minimum Gasteiger partial charge on any atom is -0.459 e. The number of fused-ring (bicyclic) bond motifs is 2. The van der Waals surface area contributed by atoms with Crippen LogP contribution in [0.15, 0.2) is 53.5 Å². The van der Waals surface area contributed by atoms with Gasteiger partial charge in [0.05, 0.1) is 18.2 Å². The molecule has 2 heterocycles. The number of aliphatic imine (C=N–C) groups is 1. The Labute approximate surface area is 142 Å². The third-order valence-electron chi connectivity index (χ3n) is 5.19. The molecule has 0 amide bonds. The minimum absolute atomic E-state index is 0.242. The highest BCUT2D eigenvalue weighted by molar-refractivity contribution is 5.88. The average molecular weight is 322 g/mol. The van der Waals surface area contributed by atoms with Crippen molar-refractivity contribution < 1.29 is 9.47 Å². The molecule has 0 bridgehead atoms. The lowest BCUT2D eigenvalue weighted by Gasteiger charge is -2.46. The highest BCUT2D eigenvalue weighted by atomic mass is 16.5. The predicted molar refractivity (Wildman–Crippen MR) is 96.6 cm³/mol. The van der Waals surface area contributed by atoms with Crippen molar-refractivity contribution >= 4 is 17.6 Å². The van der Waals surface area contributed by atoms with Gasteiger partial charge >= 0.3 is 0 Å². The standard InChI is InChI=1S/C20H22N2O2/c1-19(2)15-8-4-6-10-17(15)22(12-13-23-3)20(19)14-21-16-9-5-7-11-18(16)24-20/h4-11,14H,12-13H2,1-3H3. The minimum atomic E-state index is -0.649. The first kappa shape index (κ1) is 15.2. The SMILES string of the molecule is COCCN1c2ccccc2C(C)(C)C12C=Nc1ccccc1O2. The summed E-state index contributed by atoms with van der Waals surface area (Å²) in [6, 6.07) is 16.4. The smallest absolute Gasteiger partial charge is 0.228 e. The summed E-state index contributed by atoms with van der Waals surface area (Å²) in [6.45, 7) is 5.81. The summed E-state index contributed by atoms with van der Waals surface area (Å²) in [6.07, 6.45) is 1.96. The predicted octanol–water partition coefficient (Wildman–Crippen LogP) is 3.92. The van der Waals surface area contributed by atoms with Crippen LogP contribution in [0.5, 0.6) is 5.75 Å². The van der Waals surface area contributed by atoms with Gasteiger partial charge in [-0.1, -0.05) is 30.3 Å². The first-order valence-electron chi connectivity index (χ1n) is 8.29. The Balaban J connectivity index is 1.87. The van der Waals surface area contributed by atoms with Crippen molar-refractivity contribution in [2.24, 2.45) is 4.99 Å². The van der Waals surface area contributed by atoms with E-state index in [-0.39, 0.29) is 5.41 Å². The quantitative estimate of drug-likeness (QED) is 0.859. The normalized spacial score (nSPS) is 23.0. The van der Waals surface area contributed by atoms with Crippen LogP contribution in [0.3, 0.4) is 0 Å². The molecule has 0 aliphatic carbocycles. The summed E-state index contributed by atoms with van der Waals surface area (Å²) in [7, 11) is 1.73. The Morgan fingerprint density at radius 1 is 1.08 bits per heavy atom. The van der Waals surface area contributed by atoms with E-state index in [0.29, 0.717) is 6.61 Å². The first-order chi connectivity index (χ1) is 11.6. The Kier molecular flexibility index (Phi) is 3.39. The summed E-state index contributed by atoms with van der Waals surface area (Å²) in [4.78, 5) is 7.02. The number of anilines is 1. The van der Waals surface area contributed by atoms with Crippen molar-refractivity contribution in [3.8, 4) is 5.75 Å². The second-order valence-corrected chi connectivity index (χ2v) is 6.81. The van der Waals surface area contributed by atoms with Gasteiger partial charge in [0, 0.05) is 19.3 Å². The van der Waals surface area contributed by atoms with E-state index in [9.17, 15) is 0 Å². The second kappa shape index (κ2) is 5.35. The van der Waals surface area contributed by atoms with Crippen LogP contribution in [-0.2, 0) is 10.2 Å². The fourth-order valence-corrected chi connectivity index (χ4v) is 3.83. The van der Waals surface area contributed by atoms with E-state index in [0.717, 1.165) is 18.0 Å². The zero-order valence-electron chi connectivity index (χ0n) is 14.3. The van der Waals surface area contributed by atoms with Crippen molar-refractivity contribution in [1.29, 1.82) is 0 Å². The summed E-state index contributed by atoms with van der Waals surface area (Å²) in [5.41, 5.74) is 2.44. The molecule has 0 saturated heterocycles. The Hall–Kier alpha value is -2.33. The van der Waals surface area contributed by atoms with E-state index in [2.05, 4.69) is 43.0 Å². The van der Waals surface area contributed by atoms with Gasteiger partial charge in [0.1, 0.15) is 11.4 Å². The van der Waals surface area contributed by atoms with E-state index in [1.54, 1.807) is 7.11 Å². The number of rotatable bonds is 3. The van der Waals surface area contributed by atoms with Gasteiger partial charge in [-0.2, -0.15) is 0 Å². The number of methoxy groups -OCH3 is 1. The highest BCUT2D eigenvalue weighted by Crippen LogP contribution is 2.53. The summed E-state index contributed by atoms with van der Waals surface area (Å²) >= 11 is 0. The van der Waals surface area contributed by atoms with Crippen LogP contribution in [0, 0.1) is 0 Å². The zero-order chi connectivity index (χ0) is 16.8. The average Bonchev–Trinajstić information content (AvgIpc) is 2.78. The molecule has 0 fully saturated rings. The van der Waals surface area contributed by atoms with Crippen molar-refractivity contribution in [2.45, 2.75) is 25.0 Å². The van der Waals surface area contributed by atoms with Gasteiger partial charge in [0.25, 0.3) is 0 Å². The molecule has 4 rings (SSSR count). The maximum atomic E-state index is 6.61. The molecular weight excluding hydrogens is 300 g/mol. The van der Waals surface area contributed by atoms with Crippen LogP contribution < -0.4 is 9.64 Å². The van der Waals surface area contributed by atoms with Crippen LogP contribution in [0.2, 0.25) is 0 Å². The summed E-state index contributed by atoms with van der Waals surface area (Å²) < 4.78 is 12.0. The van der Waals surface area contributed by atoms with Crippen LogP contribution in [0.25, 0.3) is 0 Å². The second-order valence-electron chi connectivity index (χ2n) is 6.81. The monoisotopic (exact) mass is 322 g/mol. The van der Waals surface area contributed by atoms with E-state index < -0.39 is 5.72 Å². The number of hydrogen-bond acceptors (Lipinski definition) is 4. The highest BCUT2D eigenvalue weighted by Gasteiger charge is 2.59. The molecule has 2 aromatic carbocycles. The first-order valence-corrected chi connectivity index (χ1v) is 8.29. The molecule has 0 saturated carbocycles. The molecule has 0 radical (unpaired) electrons. The van der Waals surface area contributed by atoms with Gasteiger partial charge in [0.15, 0.2) is 0 Å². The van der Waals surface area contributed by atoms with Gasteiger partial charge in [0.2, 0.25) is 5.72 Å². The molecule has 124 valence electrons. The lowest BCUT2D eigenvalue weighted by Crippen LogP contribution is -2.62. The van der Waals surface area contributed by atoms with Crippen LogP contribution in [0.1, 0.15) is 19.4 Å². The van der Waals surface area contributed by atoms with Crippen molar-refractivity contribution in [3.05, 3.63) is 54.1 Å². The topological polar surface area (TPSA) is 34.1 Å². The third kappa shape index (κ3) is 1.93. The Bertz CT molecular complexity index is 800. The molecule has 1 unspecified atom stereocenters. The molecule has 1 atom stereocenters. The molecule has 24 heavy (non-hydrogen) atoms. The lowest BCUT2D eigenvalue weighted by molar-refractivity contribution is 0.0714. The van der Waals surface area contributed by atoms with E-state index in [1.165, 1.54) is 11.3 Å². The molecule has 2 aromatic rings. The summed E-state index contributed by atoms with van der Waals surface area (Å²) in [5, 5.41) is 0. The molecule has 1 spiro atoms. The van der Waals surface area contributed by atoms with Crippen molar-refractivity contribution in [2.75, 3.05) is 25.2 Å². The van der Waals surface area contributed by atoms with Gasteiger partial charge in [-0.25, -0.2) is 0 Å². The molecule has 0 aromatic heterocycles. The number of benzene rings is 2. The molecule has 2 aliphatic rings. The van der Waals surface area contributed by atoms with Gasteiger partial charge in [-0.3, -0.25) is 4.99 Å². The number of hydrogen-bond donors (Lipinski definition) is 0. The maximum absolute atomic E-state index is 6.61. The van der Waals surface area contributed by atoms with Crippen LogP contribution in [-0.4, -0.2) is 32.2 Å². The van der Waals surface area contributed by atoms with Gasteiger partial charge in [-0.15, -0.1) is 0 Å². The van der Waals surface area contributed by atoms with Gasteiger partial charge < -0.3 is 14.4 Å². The van der Waals surface area contributed by atoms with Gasteiger partial charge in [-0.05, 0) is 37.6 Å². The molecule has 4 heteroatoms. The molecule has 2 aliphatic heterocycles. The Morgan fingerprint density at radius 3 is 2.67 bits per heavy atom. The largest absolute Gasteiger partial charge is 0.459 e. The third-order valence-corrected chi connectivity index (χ3v) is 5.19. The van der Waals surface area contributed by atoms with E-state index >= 15 is 0 Å².